The van der Waals surface area contributed by atoms with Gasteiger partial charge in [-0.1, -0.05) is 13.8 Å². The molecule has 0 fully saturated rings. The summed E-state index contributed by atoms with van der Waals surface area (Å²) in [6.45, 7) is 6.54. The molecule has 15 heavy (non-hydrogen) atoms. The molecule has 0 radical (unpaired) electrons. The molecule has 3 nitrogen and oxygen atoms in total. The minimum Gasteiger partial charge on any atom is -0.344 e. The van der Waals surface area contributed by atoms with Crippen LogP contribution in [0.25, 0.3) is 0 Å². The summed E-state index contributed by atoms with van der Waals surface area (Å²) in [4.78, 5) is 13.3. The number of nitrogens with zero attached hydrogens (tertiary/aromatic N) is 1. The zero-order chi connectivity index (χ0) is 11.7. The normalized spacial score (nSPS) is 10.7. The largest absolute Gasteiger partial charge is 0.344 e. The molecule has 0 saturated carbocycles. The molecule has 0 aliphatic carbocycles. The summed E-state index contributed by atoms with van der Waals surface area (Å²) in [7, 11) is 1.86. The van der Waals surface area contributed by atoms with Crippen molar-refractivity contribution >= 4 is 18.5 Å². The van der Waals surface area contributed by atoms with Crippen LogP contribution in [0.1, 0.15) is 26.7 Å². The van der Waals surface area contributed by atoms with Gasteiger partial charge in [-0.3, -0.25) is 4.79 Å². The van der Waals surface area contributed by atoms with Gasteiger partial charge in [0.15, 0.2) is 0 Å². The van der Waals surface area contributed by atoms with Crippen LogP contribution >= 0.6 is 12.6 Å². The molecule has 0 aliphatic rings. The van der Waals surface area contributed by atoms with Gasteiger partial charge in [-0.15, -0.1) is 0 Å². The average molecular weight is 232 g/mol. The van der Waals surface area contributed by atoms with Gasteiger partial charge in [-0.2, -0.15) is 12.6 Å². The Morgan fingerprint density at radius 2 is 2.00 bits per heavy atom. The predicted molar refractivity (Wildman–Crippen MR) is 68.4 cm³/mol. The van der Waals surface area contributed by atoms with E-state index in [0.717, 1.165) is 38.2 Å². The highest BCUT2D eigenvalue weighted by atomic mass is 32.1. The maximum atomic E-state index is 11.5. The Labute approximate surface area is 99.0 Å². The maximum Gasteiger partial charge on any atom is 0.224 e. The lowest BCUT2D eigenvalue weighted by Crippen LogP contribution is -2.36. The number of rotatable bonds is 8. The van der Waals surface area contributed by atoms with E-state index < -0.39 is 0 Å². The summed E-state index contributed by atoms with van der Waals surface area (Å²) in [5.74, 6) is 1.26. The third kappa shape index (κ3) is 7.68. The summed E-state index contributed by atoms with van der Waals surface area (Å²) in [5, 5.41) is 3.32. The number of carbonyl (C=O) groups is 1. The van der Waals surface area contributed by atoms with Gasteiger partial charge in [0.05, 0.1) is 0 Å². The number of thiol groups is 1. The van der Waals surface area contributed by atoms with E-state index in [1.807, 2.05) is 20.9 Å². The van der Waals surface area contributed by atoms with Gasteiger partial charge in [0.25, 0.3) is 0 Å². The van der Waals surface area contributed by atoms with Gasteiger partial charge in [0.2, 0.25) is 5.91 Å². The Morgan fingerprint density at radius 1 is 1.33 bits per heavy atom. The number of unbranched alkanes of at least 4 members (excludes halogenated alkanes) is 1. The summed E-state index contributed by atoms with van der Waals surface area (Å²) in [6.07, 6.45) is 2.31. The fourth-order valence-corrected chi connectivity index (χ4v) is 1.51. The van der Waals surface area contributed by atoms with E-state index in [1.165, 1.54) is 0 Å². The van der Waals surface area contributed by atoms with Crippen LogP contribution in [0.5, 0.6) is 0 Å². The first-order valence-electron chi connectivity index (χ1n) is 5.66. The molecule has 1 amide bonds. The lowest BCUT2D eigenvalue weighted by atomic mass is 10.2. The van der Waals surface area contributed by atoms with E-state index in [0.29, 0.717) is 0 Å². The van der Waals surface area contributed by atoms with Crippen LogP contribution in [0.3, 0.4) is 0 Å². The number of carbonyl (C=O) groups excluding carboxylic acids is 1. The van der Waals surface area contributed by atoms with Gasteiger partial charge in [-0.25, -0.2) is 0 Å². The third-order valence-corrected chi connectivity index (χ3v) is 2.57. The quantitative estimate of drug-likeness (QED) is 0.490. The van der Waals surface area contributed by atoms with Crippen LogP contribution in [0.2, 0.25) is 0 Å². The van der Waals surface area contributed by atoms with E-state index in [2.05, 4.69) is 17.9 Å². The number of likely N-dealkylation sites (N-methyl/N-ethyl adjacent to an activating group) is 1. The Kier molecular flexibility index (Phi) is 8.91. The lowest BCUT2D eigenvalue weighted by Gasteiger charge is -2.19. The molecular formula is C11H24N2OS. The van der Waals surface area contributed by atoms with E-state index in [4.69, 9.17) is 0 Å². The van der Waals surface area contributed by atoms with Crippen LogP contribution < -0.4 is 5.32 Å². The molecule has 0 saturated heterocycles. The second-order valence-electron chi connectivity index (χ2n) is 4.10. The Balaban J connectivity index is 3.39. The topological polar surface area (TPSA) is 32.3 Å². The first kappa shape index (κ1) is 14.8. The Morgan fingerprint density at radius 3 is 2.53 bits per heavy atom. The minimum absolute atomic E-state index is 0.0965. The summed E-state index contributed by atoms with van der Waals surface area (Å²) >= 11 is 4.15. The van der Waals surface area contributed by atoms with Crippen molar-refractivity contribution < 1.29 is 4.79 Å². The molecule has 0 aromatic carbocycles. The predicted octanol–water partition coefficient (Wildman–Crippen LogP) is 1.40. The molecule has 0 aromatic heterocycles. The molecule has 0 atom stereocenters. The fraction of sp³-hybridized carbons (Fsp3) is 0.909. The molecule has 4 heteroatoms. The van der Waals surface area contributed by atoms with Crippen molar-refractivity contribution in [3.63, 3.8) is 0 Å². The molecule has 0 aromatic rings. The molecular weight excluding hydrogens is 208 g/mol. The van der Waals surface area contributed by atoms with E-state index in [1.54, 1.807) is 4.90 Å². The highest BCUT2D eigenvalue weighted by Crippen LogP contribution is 1.97. The summed E-state index contributed by atoms with van der Waals surface area (Å²) in [6, 6.07) is 0. The first-order chi connectivity index (χ1) is 7.09. The monoisotopic (exact) mass is 232 g/mol. The second kappa shape index (κ2) is 9.04. The zero-order valence-corrected chi connectivity index (χ0v) is 11.0. The van der Waals surface area contributed by atoms with Crippen LogP contribution in [0, 0.1) is 5.92 Å². The number of hydrogen-bond donors (Lipinski definition) is 2. The van der Waals surface area contributed by atoms with Crippen LogP contribution in [0.4, 0.5) is 0 Å². The van der Waals surface area contributed by atoms with Crippen molar-refractivity contribution in [1.29, 1.82) is 0 Å². The number of hydrogen-bond acceptors (Lipinski definition) is 3. The molecule has 0 aliphatic heterocycles. The minimum atomic E-state index is 0.0965. The summed E-state index contributed by atoms with van der Waals surface area (Å²) < 4.78 is 0. The third-order valence-electron chi connectivity index (χ3n) is 2.26. The second-order valence-corrected chi connectivity index (χ2v) is 4.54. The molecule has 1 N–H and O–H groups in total. The van der Waals surface area contributed by atoms with Crippen molar-refractivity contribution in [3.05, 3.63) is 0 Å². The maximum absolute atomic E-state index is 11.5. The number of amides is 1. The van der Waals surface area contributed by atoms with Gasteiger partial charge in [0, 0.05) is 26.1 Å². The van der Waals surface area contributed by atoms with Crippen molar-refractivity contribution in [1.82, 2.24) is 10.2 Å². The zero-order valence-electron chi connectivity index (χ0n) is 10.1. The van der Waals surface area contributed by atoms with Gasteiger partial charge in [-0.05, 0) is 25.1 Å². The van der Waals surface area contributed by atoms with Crippen LogP contribution in [-0.4, -0.2) is 43.2 Å². The molecule has 0 spiro atoms. The van der Waals surface area contributed by atoms with E-state index in [9.17, 15) is 4.79 Å². The van der Waals surface area contributed by atoms with Gasteiger partial charge >= 0.3 is 0 Å². The highest BCUT2D eigenvalue weighted by molar-refractivity contribution is 7.80. The van der Waals surface area contributed by atoms with Gasteiger partial charge in [0.1, 0.15) is 0 Å². The smallest absolute Gasteiger partial charge is 0.224 e. The molecule has 90 valence electrons. The first-order valence-corrected chi connectivity index (χ1v) is 6.29. The molecule has 0 bridgehead atoms. The molecule has 0 unspecified atom stereocenters. The standard InChI is InChI=1S/C11H24N2OS/c1-10(2)11(14)13(3)8-7-12-6-4-5-9-15/h10,12,15H,4-9H2,1-3H3. The van der Waals surface area contributed by atoms with Crippen molar-refractivity contribution in [3.8, 4) is 0 Å². The molecule has 0 heterocycles. The van der Waals surface area contributed by atoms with Crippen molar-refractivity contribution in [2.24, 2.45) is 5.92 Å². The lowest BCUT2D eigenvalue weighted by molar-refractivity contribution is -0.133. The van der Waals surface area contributed by atoms with Crippen molar-refractivity contribution in [2.45, 2.75) is 26.7 Å². The Bertz CT molecular complexity index is 174. The SMILES string of the molecule is CC(C)C(=O)N(C)CCNCCCCS. The van der Waals surface area contributed by atoms with Gasteiger partial charge < -0.3 is 10.2 Å². The summed E-state index contributed by atoms with van der Waals surface area (Å²) in [5.41, 5.74) is 0. The fourth-order valence-electron chi connectivity index (χ4n) is 1.28. The number of nitrogens with one attached hydrogen (secondary N) is 1. The van der Waals surface area contributed by atoms with Crippen LogP contribution in [0.15, 0.2) is 0 Å². The average Bonchev–Trinajstić information content (AvgIpc) is 2.21. The highest BCUT2D eigenvalue weighted by Gasteiger charge is 2.11. The molecule has 0 rings (SSSR count). The van der Waals surface area contributed by atoms with E-state index in [-0.39, 0.29) is 11.8 Å². The van der Waals surface area contributed by atoms with E-state index >= 15 is 0 Å². The Hall–Kier alpha value is -0.220. The van der Waals surface area contributed by atoms with Crippen molar-refractivity contribution in [2.75, 3.05) is 32.4 Å². The van der Waals surface area contributed by atoms with Crippen LogP contribution in [-0.2, 0) is 4.79 Å².